The van der Waals surface area contributed by atoms with Gasteiger partial charge >= 0.3 is 11.9 Å². The van der Waals surface area contributed by atoms with E-state index in [1.807, 2.05) is 0 Å². The summed E-state index contributed by atoms with van der Waals surface area (Å²) >= 11 is 2.36. The van der Waals surface area contributed by atoms with E-state index in [4.69, 9.17) is 4.74 Å². The van der Waals surface area contributed by atoms with Gasteiger partial charge in [0.05, 0.1) is 5.51 Å². The van der Waals surface area contributed by atoms with Gasteiger partial charge in [0.15, 0.2) is 0 Å². The molecule has 10 nitrogen and oxygen atoms in total. The van der Waals surface area contributed by atoms with Crippen LogP contribution in [0.1, 0.15) is 17.4 Å². The molecule has 142 valence electrons. The third-order valence-corrected chi connectivity index (χ3v) is 5.78. The van der Waals surface area contributed by atoms with Crippen molar-refractivity contribution >= 4 is 52.6 Å². The van der Waals surface area contributed by atoms with Crippen LogP contribution in [-0.2, 0) is 23.9 Å². The third-order valence-electron chi connectivity index (χ3n) is 3.86. The quantitative estimate of drug-likeness (QED) is 0.277. The molecule has 0 bridgehead atoms. The summed E-state index contributed by atoms with van der Waals surface area (Å²) in [4.78, 5) is 63.8. The van der Waals surface area contributed by atoms with Crippen LogP contribution in [0.15, 0.2) is 22.2 Å². The molecule has 1 aromatic heterocycles. The number of hydrogen-bond donors (Lipinski definition) is 2. The Morgan fingerprint density at radius 2 is 2.15 bits per heavy atom. The summed E-state index contributed by atoms with van der Waals surface area (Å²) in [6, 6.07) is -1.02. The number of nitrogens with zero attached hydrogens (tertiary/aromatic N) is 2. The van der Waals surface area contributed by atoms with Crippen molar-refractivity contribution in [3.05, 3.63) is 27.9 Å². The molecule has 0 saturated carbocycles. The van der Waals surface area contributed by atoms with E-state index in [9.17, 15) is 29.1 Å². The van der Waals surface area contributed by atoms with Crippen LogP contribution in [-0.4, -0.2) is 68.3 Å². The van der Waals surface area contributed by atoms with Crippen LogP contribution in [0, 0.1) is 0 Å². The van der Waals surface area contributed by atoms with Crippen molar-refractivity contribution < 1.29 is 33.8 Å². The molecule has 1 fully saturated rings. The highest BCUT2D eigenvalue weighted by Crippen LogP contribution is 2.40. The van der Waals surface area contributed by atoms with E-state index in [0.29, 0.717) is 0 Å². The fraction of sp³-hybridized carbons (Fsp3) is 0.333. The molecule has 0 spiro atoms. The molecule has 12 heteroatoms. The van der Waals surface area contributed by atoms with E-state index >= 15 is 0 Å². The van der Waals surface area contributed by atoms with Crippen LogP contribution in [0.4, 0.5) is 0 Å². The predicted octanol–water partition coefficient (Wildman–Crippen LogP) is -0.373. The fourth-order valence-electron chi connectivity index (χ4n) is 2.63. The zero-order chi connectivity index (χ0) is 19.7. The number of ether oxygens (including phenoxy) is 1. The number of fused-ring (bicyclic) bond motifs is 1. The number of carboxylic acid groups (broad SMARTS) is 1. The van der Waals surface area contributed by atoms with E-state index in [1.54, 1.807) is 0 Å². The van der Waals surface area contributed by atoms with Gasteiger partial charge in [-0.2, -0.15) is 0 Å². The molecular weight excluding hydrogens is 398 g/mol. The lowest BCUT2D eigenvalue weighted by Gasteiger charge is -2.49. The molecule has 2 N–H and O–H groups in total. The molecule has 0 unspecified atom stereocenters. The molecule has 1 aromatic rings. The van der Waals surface area contributed by atoms with Crippen LogP contribution < -0.4 is 5.32 Å². The maximum Gasteiger partial charge on any atom is 0.352 e. The van der Waals surface area contributed by atoms with Gasteiger partial charge in [-0.05, 0) is 0 Å². The maximum atomic E-state index is 12.4. The van der Waals surface area contributed by atoms with Crippen molar-refractivity contribution in [1.82, 2.24) is 15.2 Å². The van der Waals surface area contributed by atoms with Crippen LogP contribution in [0.25, 0.3) is 0 Å². The van der Waals surface area contributed by atoms with Crippen LogP contribution >= 0.6 is 23.1 Å². The van der Waals surface area contributed by atoms with Gasteiger partial charge in [-0.1, -0.05) is 0 Å². The van der Waals surface area contributed by atoms with Gasteiger partial charge in [0.25, 0.3) is 17.6 Å². The number of carbonyl (C=O) groups excluding carboxylic acids is 4. The standard InChI is InChI=1S/C15H13N3O7S2/c1-6(19)25-2-7-3-27-14-9(13(22)18(14)10(7)15(23)24)17-12(21)11(20)8-4-26-5-16-8/h4-5,9,14H,2-3H2,1H3,(H,17,21)(H,23,24)/t9-,14-/m1/s1. The molecule has 2 atom stereocenters. The number of Topliss-reactive ketones (excluding diaryl/α,β-unsaturated/α-hetero) is 1. The zero-order valence-electron chi connectivity index (χ0n) is 13.8. The summed E-state index contributed by atoms with van der Waals surface area (Å²) in [6.45, 7) is 0.958. The molecule has 3 rings (SSSR count). The first-order chi connectivity index (χ1) is 12.8. The number of hydrogen-bond acceptors (Lipinski definition) is 9. The van der Waals surface area contributed by atoms with E-state index < -0.39 is 41.0 Å². The number of nitrogens with one attached hydrogen (secondary N) is 1. The first-order valence-corrected chi connectivity index (χ1v) is 9.57. The molecule has 3 heterocycles. The Kier molecular flexibility index (Phi) is 5.28. The Morgan fingerprint density at radius 1 is 1.41 bits per heavy atom. The normalized spacial score (nSPS) is 21.2. The average molecular weight is 411 g/mol. The van der Waals surface area contributed by atoms with E-state index in [2.05, 4.69) is 10.3 Å². The number of ketones is 1. The average Bonchev–Trinajstić information content (AvgIpc) is 3.16. The maximum absolute atomic E-state index is 12.4. The van der Waals surface area contributed by atoms with Crippen molar-refractivity contribution in [1.29, 1.82) is 0 Å². The monoisotopic (exact) mass is 411 g/mol. The highest BCUT2D eigenvalue weighted by molar-refractivity contribution is 8.00. The summed E-state index contributed by atoms with van der Waals surface area (Å²) in [5.74, 6) is -4.20. The van der Waals surface area contributed by atoms with Crippen molar-refractivity contribution in [3.63, 3.8) is 0 Å². The minimum atomic E-state index is -1.33. The summed E-state index contributed by atoms with van der Waals surface area (Å²) < 4.78 is 4.84. The molecule has 27 heavy (non-hydrogen) atoms. The zero-order valence-corrected chi connectivity index (χ0v) is 15.5. The van der Waals surface area contributed by atoms with Gasteiger partial charge in [0.2, 0.25) is 0 Å². The highest BCUT2D eigenvalue weighted by Gasteiger charge is 2.54. The second-order valence-electron chi connectivity index (χ2n) is 5.60. The summed E-state index contributed by atoms with van der Waals surface area (Å²) in [5.41, 5.74) is 1.41. The van der Waals surface area contributed by atoms with Gasteiger partial charge in [-0.15, -0.1) is 23.1 Å². The molecule has 2 aliphatic rings. The van der Waals surface area contributed by atoms with Crippen molar-refractivity contribution in [2.24, 2.45) is 0 Å². The second kappa shape index (κ2) is 7.48. The fourth-order valence-corrected chi connectivity index (χ4v) is 4.49. The predicted molar refractivity (Wildman–Crippen MR) is 92.8 cm³/mol. The molecule has 2 aliphatic heterocycles. The summed E-state index contributed by atoms with van der Waals surface area (Å²) in [6.07, 6.45) is 0. The second-order valence-corrected chi connectivity index (χ2v) is 7.42. The van der Waals surface area contributed by atoms with Gasteiger partial charge < -0.3 is 15.2 Å². The number of carbonyl (C=O) groups is 5. The third kappa shape index (κ3) is 3.57. The molecule has 0 aliphatic carbocycles. The Labute approximate surface area is 160 Å². The molecule has 0 radical (unpaired) electrons. The number of thiazole rings is 1. The van der Waals surface area contributed by atoms with Crippen molar-refractivity contribution in [2.45, 2.75) is 18.3 Å². The minimum Gasteiger partial charge on any atom is -0.477 e. The Morgan fingerprint density at radius 3 is 2.74 bits per heavy atom. The van der Waals surface area contributed by atoms with Crippen LogP contribution in [0.2, 0.25) is 0 Å². The molecule has 1 saturated heterocycles. The Hall–Kier alpha value is -2.73. The smallest absolute Gasteiger partial charge is 0.352 e. The van der Waals surface area contributed by atoms with E-state index in [0.717, 1.165) is 16.2 Å². The molecular formula is C15H13N3O7S2. The Balaban J connectivity index is 1.73. The van der Waals surface area contributed by atoms with E-state index in [-0.39, 0.29) is 29.3 Å². The number of carboxylic acids is 1. The van der Waals surface area contributed by atoms with Crippen molar-refractivity contribution in [3.8, 4) is 0 Å². The number of esters is 1. The number of thioether (sulfide) groups is 1. The molecule has 0 aromatic carbocycles. The first kappa shape index (κ1) is 19.0. The minimum absolute atomic E-state index is 0.0211. The van der Waals surface area contributed by atoms with E-state index in [1.165, 1.54) is 29.6 Å². The molecule has 2 amide bonds. The number of β-lactam (4-membered cyclic amide) rings is 1. The number of aromatic nitrogens is 1. The Bertz CT molecular complexity index is 865. The largest absolute Gasteiger partial charge is 0.477 e. The SMILES string of the molecule is CC(=O)OCC1=C(C(=O)O)N2C(=O)[C@@H](NC(=O)C(=O)c3cscn3)[C@H]2SC1. The topological polar surface area (TPSA) is 143 Å². The summed E-state index contributed by atoms with van der Waals surface area (Å²) in [5, 5.41) is 12.5. The van der Waals surface area contributed by atoms with Crippen LogP contribution in [0.5, 0.6) is 0 Å². The van der Waals surface area contributed by atoms with Gasteiger partial charge in [0.1, 0.15) is 29.4 Å². The first-order valence-electron chi connectivity index (χ1n) is 7.58. The van der Waals surface area contributed by atoms with Gasteiger partial charge in [-0.25, -0.2) is 9.78 Å². The van der Waals surface area contributed by atoms with Crippen molar-refractivity contribution in [2.75, 3.05) is 12.4 Å². The lowest BCUT2D eigenvalue weighted by molar-refractivity contribution is -0.150. The number of amides is 2. The summed E-state index contributed by atoms with van der Waals surface area (Å²) in [7, 11) is 0. The van der Waals surface area contributed by atoms with Gasteiger partial charge in [0, 0.05) is 23.6 Å². The number of aliphatic carboxylic acids is 1. The lowest BCUT2D eigenvalue weighted by Crippen LogP contribution is -2.71. The van der Waals surface area contributed by atoms with Crippen LogP contribution in [0.3, 0.4) is 0 Å². The van der Waals surface area contributed by atoms with Gasteiger partial charge in [-0.3, -0.25) is 24.1 Å². The number of rotatable bonds is 6. The lowest BCUT2D eigenvalue weighted by atomic mass is 10.0. The highest BCUT2D eigenvalue weighted by atomic mass is 32.2.